The Balaban J connectivity index is 2.32. The van der Waals surface area contributed by atoms with Crippen LogP contribution in [0.25, 0.3) is 0 Å². The number of hydrogen-bond acceptors (Lipinski definition) is 1. The molecule has 0 radical (unpaired) electrons. The lowest BCUT2D eigenvalue weighted by atomic mass is 9.62. The monoisotopic (exact) mass is 307 g/mol. The maximum Gasteiger partial charge on any atom is 0.0196 e. The van der Waals surface area contributed by atoms with Crippen molar-refractivity contribution in [2.75, 3.05) is 11.0 Å². The van der Waals surface area contributed by atoms with E-state index in [9.17, 15) is 0 Å². The lowest BCUT2D eigenvalue weighted by molar-refractivity contribution is -0.129. The highest BCUT2D eigenvalue weighted by Gasteiger charge is 2.53. The second kappa shape index (κ2) is 3.34. The molecule has 3 fully saturated rings. The maximum atomic E-state index is 2.75. The number of fused-ring (bicyclic) bond motifs is 3. The van der Waals surface area contributed by atoms with Gasteiger partial charge in [0.1, 0.15) is 0 Å². The van der Waals surface area contributed by atoms with Crippen LogP contribution >= 0.6 is 22.6 Å². The lowest BCUT2D eigenvalue weighted by Gasteiger charge is -2.63. The van der Waals surface area contributed by atoms with Gasteiger partial charge in [-0.05, 0) is 58.9 Å². The van der Waals surface area contributed by atoms with E-state index >= 15 is 0 Å². The third kappa shape index (κ3) is 1.44. The highest BCUT2D eigenvalue weighted by molar-refractivity contribution is 14.1. The number of hydrogen-bond donors (Lipinski definition) is 0. The minimum Gasteiger partial charge on any atom is -0.293 e. The molecule has 3 atom stereocenters. The van der Waals surface area contributed by atoms with E-state index in [1.807, 2.05) is 0 Å². The van der Waals surface area contributed by atoms with Crippen molar-refractivity contribution in [3.05, 3.63) is 0 Å². The summed E-state index contributed by atoms with van der Waals surface area (Å²) in [6.45, 7) is 11.1. The van der Waals surface area contributed by atoms with Gasteiger partial charge in [-0.1, -0.05) is 22.6 Å². The highest BCUT2D eigenvalue weighted by atomic mass is 127. The van der Waals surface area contributed by atoms with Crippen LogP contribution in [0.3, 0.4) is 0 Å². The average molecular weight is 307 g/mol. The number of piperidine rings is 3. The zero-order chi connectivity index (χ0) is 10.6. The standard InChI is InChI=1S/C12H22IN/c1-11(2)7-9-5-6-14(11)12(3,4)10(9)8-13/h9-10H,5-8H2,1-4H3. The molecule has 0 amide bonds. The second-order valence-electron chi connectivity index (χ2n) is 6.13. The van der Waals surface area contributed by atoms with Gasteiger partial charge in [0.15, 0.2) is 0 Å². The first-order valence-electron chi connectivity index (χ1n) is 5.73. The van der Waals surface area contributed by atoms with Gasteiger partial charge in [0.05, 0.1) is 0 Å². The molecule has 3 rings (SSSR count). The molecule has 3 aliphatic rings. The molecular formula is C12H22IN. The molecule has 3 saturated heterocycles. The summed E-state index contributed by atoms with van der Waals surface area (Å²) in [5, 5.41) is 0. The van der Waals surface area contributed by atoms with Gasteiger partial charge < -0.3 is 0 Å². The van der Waals surface area contributed by atoms with E-state index < -0.39 is 0 Å². The molecule has 0 saturated carbocycles. The quantitative estimate of drug-likeness (QED) is 0.530. The van der Waals surface area contributed by atoms with Crippen LogP contribution in [0.15, 0.2) is 0 Å². The summed E-state index contributed by atoms with van der Waals surface area (Å²) in [5.74, 6) is 1.88. The van der Waals surface area contributed by atoms with Crippen molar-refractivity contribution in [2.45, 2.75) is 51.6 Å². The number of halogens is 1. The zero-order valence-corrected chi connectivity index (χ0v) is 12.0. The SMILES string of the molecule is CC1(C)CC2CCN1C(C)(C)C2CI. The molecule has 0 spiro atoms. The van der Waals surface area contributed by atoms with Crippen LogP contribution in [0.5, 0.6) is 0 Å². The summed E-state index contributed by atoms with van der Waals surface area (Å²) in [5.41, 5.74) is 0.862. The molecule has 0 aliphatic carbocycles. The van der Waals surface area contributed by atoms with Crippen LogP contribution in [-0.4, -0.2) is 27.0 Å². The fourth-order valence-electron chi connectivity index (χ4n) is 3.95. The summed E-state index contributed by atoms with van der Waals surface area (Å²) in [6.07, 6.45) is 2.84. The third-order valence-corrected chi connectivity index (χ3v) is 5.50. The van der Waals surface area contributed by atoms with E-state index in [-0.39, 0.29) is 0 Å². The predicted molar refractivity (Wildman–Crippen MR) is 70.0 cm³/mol. The van der Waals surface area contributed by atoms with Crippen molar-refractivity contribution in [3.8, 4) is 0 Å². The Labute approximate surface area is 102 Å². The van der Waals surface area contributed by atoms with Crippen molar-refractivity contribution in [1.29, 1.82) is 0 Å². The summed E-state index contributed by atoms with van der Waals surface area (Å²) in [7, 11) is 0. The molecule has 0 aromatic carbocycles. The highest BCUT2D eigenvalue weighted by Crippen LogP contribution is 2.51. The van der Waals surface area contributed by atoms with Crippen LogP contribution < -0.4 is 0 Å². The molecule has 3 aliphatic heterocycles. The minimum absolute atomic E-state index is 0.422. The molecule has 0 aromatic heterocycles. The van der Waals surface area contributed by atoms with Crippen LogP contribution in [0, 0.1) is 11.8 Å². The van der Waals surface area contributed by atoms with Crippen molar-refractivity contribution < 1.29 is 0 Å². The molecule has 1 nitrogen and oxygen atoms in total. The van der Waals surface area contributed by atoms with E-state index in [4.69, 9.17) is 0 Å². The first-order chi connectivity index (χ1) is 6.39. The molecule has 14 heavy (non-hydrogen) atoms. The summed E-state index contributed by atoms with van der Waals surface area (Å²) < 4.78 is 1.32. The minimum atomic E-state index is 0.422. The molecule has 2 heteroatoms. The zero-order valence-electron chi connectivity index (χ0n) is 9.81. The number of rotatable bonds is 1. The van der Waals surface area contributed by atoms with E-state index in [2.05, 4.69) is 55.2 Å². The van der Waals surface area contributed by atoms with Crippen LogP contribution in [-0.2, 0) is 0 Å². The van der Waals surface area contributed by atoms with Gasteiger partial charge in [0.2, 0.25) is 0 Å². The Bertz CT molecular complexity index is 234. The lowest BCUT2D eigenvalue weighted by Crippen LogP contribution is -2.69. The van der Waals surface area contributed by atoms with Gasteiger partial charge in [0, 0.05) is 15.5 Å². The number of alkyl halides is 1. The Hall–Kier alpha value is 0.690. The topological polar surface area (TPSA) is 3.24 Å². The first kappa shape index (κ1) is 11.2. The molecule has 3 unspecified atom stereocenters. The van der Waals surface area contributed by atoms with Gasteiger partial charge in [-0.3, -0.25) is 4.90 Å². The Morgan fingerprint density at radius 3 is 2.36 bits per heavy atom. The first-order valence-corrected chi connectivity index (χ1v) is 7.26. The van der Waals surface area contributed by atoms with Gasteiger partial charge in [0.25, 0.3) is 0 Å². The van der Waals surface area contributed by atoms with E-state index in [0.717, 1.165) is 11.8 Å². The largest absolute Gasteiger partial charge is 0.293 e. The summed E-state index contributed by atoms with van der Waals surface area (Å²) in [6, 6.07) is 0. The molecule has 0 aromatic rings. The molecule has 82 valence electrons. The fourth-order valence-corrected chi connectivity index (χ4v) is 5.75. The molecule has 0 N–H and O–H groups in total. The Kier molecular flexibility index (Phi) is 2.67. The fraction of sp³-hybridized carbons (Fsp3) is 1.00. The van der Waals surface area contributed by atoms with Gasteiger partial charge in [-0.15, -0.1) is 0 Å². The van der Waals surface area contributed by atoms with Crippen molar-refractivity contribution in [2.24, 2.45) is 11.8 Å². The number of nitrogens with zero attached hydrogens (tertiary/aromatic N) is 1. The van der Waals surface area contributed by atoms with Crippen LogP contribution in [0.2, 0.25) is 0 Å². The van der Waals surface area contributed by atoms with Gasteiger partial charge >= 0.3 is 0 Å². The van der Waals surface area contributed by atoms with Crippen molar-refractivity contribution in [1.82, 2.24) is 4.90 Å². The van der Waals surface area contributed by atoms with E-state index in [1.165, 1.54) is 23.8 Å². The predicted octanol–water partition coefficient (Wildman–Crippen LogP) is 3.32. The van der Waals surface area contributed by atoms with Crippen LogP contribution in [0.1, 0.15) is 40.5 Å². The molecule has 2 bridgehead atoms. The smallest absolute Gasteiger partial charge is 0.0196 e. The Morgan fingerprint density at radius 2 is 1.93 bits per heavy atom. The summed E-state index contributed by atoms with van der Waals surface area (Å²) >= 11 is 2.58. The van der Waals surface area contributed by atoms with E-state index in [0.29, 0.717) is 11.1 Å². The van der Waals surface area contributed by atoms with Crippen LogP contribution in [0.4, 0.5) is 0 Å². The average Bonchev–Trinajstić information content (AvgIpc) is 2.00. The molecule has 3 heterocycles. The van der Waals surface area contributed by atoms with Crippen molar-refractivity contribution >= 4 is 22.6 Å². The maximum absolute atomic E-state index is 2.75. The second-order valence-corrected chi connectivity index (χ2v) is 7.01. The Morgan fingerprint density at radius 1 is 1.29 bits per heavy atom. The normalized spacial score (nSPS) is 43.9. The third-order valence-electron chi connectivity index (χ3n) is 4.55. The van der Waals surface area contributed by atoms with E-state index in [1.54, 1.807) is 0 Å². The van der Waals surface area contributed by atoms with Gasteiger partial charge in [-0.25, -0.2) is 0 Å². The molecular weight excluding hydrogens is 285 g/mol. The van der Waals surface area contributed by atoms with Gasteiger partial charge in [-0.2, -0.15) is 0 Å². The summed E-state index contributed by atoms with van der Waals surface area (Å²) in [4.78, 5) is 2.75. The van der Waals surface area contributed by atoms with Crippen molar-refractivity contribution in [3.63, 3.8) is 0 Å².